The molecule has 1 aromatic rings. The second-order valence-electron chi connectivity index (χ2n) is 6.49. The summed E-state index contributed by atoms with van der Waals surface area (Å²) in [6.07, 6.45) is 0. The molecule has 8 heteroatoms. The Morgan fingerprint density at radius 1 is 0.931 bits per heavy atom. The minimum atomic E-state index is -0.0368. The lowest BCUT2D eigenvalue weighted by molar-refractivity contribution is -0.131. The highest BCUT2D eigenvalue weighted by molar-refractivity contribution is 14.0. The average molecular weight is 517 g/mol. The molecule has 0 saturated carbocycles. The number of nitrogens with one attached hydrogen (secondary N) is 1. The third kappa shape index (κ3) is 9.47. The summed E-state index contributed by atoms with van der Waals surface area (Å²) in [4.78, 5) is 34.8. The molecule has 0 aliphatic heterocycles. The zero-order valence-corrected chi connectivity index (χ0v) is 20.7. The minimum absolute atomic E-state index is 0. The molecule has 0 radical (unpaired) electrons. The molecule has 1 N–H and O–H groups in total. The molecule has 0 spiro atoms. The number of hydrogen-bond acceptors (Lipinski definition) is 3. The van der Waals surface area contributed by atoms with Crippen LogP contribution in [0.2, 0.25) is 0 Å². The lowest BCUT2D eigenvalue weighted by Crippen LogP contribution is -2.46. The van der Waals surface area contributed by atoms with Gasteiger partial charge in [-0.3, -0.25) is 9.59 Å². The van der Waals surface area contributed by atoms with Crippen LogP contribution in [-0.2, 0) is 16.1 Å². The van der Waals surface area contributed by atoms with Gasteiger partial charge in [-0.2, -0.15) is 0 Å². The van der Waals surface area contributed by atoms with Crippen LogP contribution in [0.1, 0.15) is 33.3 Å². The third-order valence-corrected chi connectivity index (χ3v) is 4.50. The van der Waals surface area contributed by atoms with Gasteiger partial charge in [0.05, 0.1) is 6.54 Å². The van der Waals surface area contributed by atoms with Gasteiger partial charge < -0.3 is 20.0 Å². The number of hydrogen-bond donors (Lipinski definition) is 1. The van der Waals surface area contributed by atoms with E-state index in [1.165, 1.54) is 0 Å². The zero-order chi connectivity index (χ0) is 20.9. The summed E-state index contributed by atoms with van der Waals surface area (Å²) >= 11 is 0. The number of nitrogens with zero attached hydrogens (tertiary/aromatic N) is 4. The fraction of sp³-hybridized carbons (Fsp3) is 0.571. The lowest BCUT2D eigenvalue weighted by atomic mass is 10.2. The zero-order valence-electron chi connectivity index (χ0n) is 18.4. The van der Waals surface area contributed by atoms with Gasteiger partial charge in [0.2, 0.25) is 11.8 Å². The first-order valence-electron chi connectivity index (χ1n) is 10.1. The lowest BCUT2D eigenvalue weighted by Gasteiger charge is -2.26. The maximum Gasteiger partial charge on any atom is 0.244 e. The molecule has 0 atom stereocenters. The van der Waals surface area contributed by atoms with Gasteiger partial charge in [0.25, 0.3) is 0 Å². The van der Waals surface area contributed by atoms with Crippen molar-refractivity contribution in [2.45, 2.75) is 34.2 Å². The van der Waals surface area contributed by atoms with E-state index in [1.54, 1.807) is 14.7 Å². The first kappa shape index (κ1) is 27.2. The van der Waals surface area contributed by atoms with E-state index in [4.69, 9.17) is 0 Å². The topological polar surface area (TPSA) is 68.2 Å². The van der Waals surface area contributed by atoms with E-state index in [0.717, 1.165) is 5.56 Å². The van der Waals surface area contributed by atoms with E-state index >= 15 is 0 Å². The Bertz CT molecular complexity index is 635. The van der Waals surface area contributed by atoms with E-state index in [1.807, 2.05) is 65.1 Å². The predicted molar refractivity (Wildman–Crippen MR) is 129 cm³/mol. The second kappa shape index (κ2) is 15.1. The Morgan fingerprint density at radius 2 is 1.52 bits per heavy atom. The molecule has 1 rings (SSSR count). The highest BCUT2D eigenvalue weighted by Gasteiger charge is 2.16. The molecular weight excluding hydrogens is 481 g/mol. The summed E-state index contributed by atoms with van der Waals surface area (Å²) in [6.45, 7) is 11.3. The Balaban J connectivity index is 0.00000784. The summed E-state index contributed by atoms with van der Waals surface area (Å²) in [5, 5.41) is 3.16. The van der Waals surface area contributed by atoms with Gasteiger partial charge in [-0.15, -0.1) is 24.0 Å². The number of carbonyl (C=O) groups excluding carboxylic acids is 2. The molecule has 0 aliphatic rings. The van der Waals surface area contributed by atoms with Crippen molar-refractivity contribution < 1.29 is 9.59 Å². The Morgan fingerprint density at radius 3 is 2.03 bits per heavy atom. The number of guanidine groups is 1. The third-order valence-electron chi connectivity index (χ3n) is 4.50. The van der Waals surface area contributed by atoms with Crippen molar-refractivity contribution in [2.24, 2.45) is 4.99 Å². The van der Waals surface area contributed by atoms with Crippen molar-refractivity contribution in [3.8, 4) is 0 Å². The number of carbonyl (C=O) groups is 2. The van der Waals surface area contributed by atoms with Gasteiger partial charge in [-0.25, -0.2) is 4.99 Å². The summed E-state index contributed by atoms with van der Waals surface area (Å²) in [5.41, 5.74) is 1.09. The standard InChI is InChI=1S/C21H35N5O2.HI/c1-6-22-21(24(5)17-20(28)25(7-2)8-3)23-15-19(27)26(9-4)16-18-13-11-10-12-14-18;/h10-14H,6-9,15-17H2,1-5H3,(H,22,23);1H. The van der Waals surface area contributed by atoms with E-state index in [9.17, 15) is 9.59 Å². The average Bonchev–Trinajstić information content (AvgIpc) is 2.70. The molecule has 0 aromatic heterocycles. The Kier molecular flexibility index (Phi) is 14.1. The van der Waals surface area contributed by atoms with Gasteiger partial charge in [0.1, 0.15) is 6.54 Å². The van der Waals surface area contributed by atoms with Crippen LogP contribution in [0.3, 0.4) is 0 Å². The number of aliphatic imine (C=N–C) groups is 1. The molecule has 0 fully saturated rings. The molecule has 0 saturated heterocycles. The van der Waals surface area contributed by atoms with Crippen LogP contribution in [0.4, 0.5) is 0 Å². The van der Waals surface area contributed by atoms with E-state index < -0.39 is 0 Å². The van der Waals surface area contributed by atoms with Crippen molar-refractivity contribution in [3.05, 3.63) is 35.9 Å². The molecule has 1 aromatic carbocycles. The van der Waals surface area contributed by atoms with Gasteiger partial charge in [-0.1, -0.05) is 30.3 Å². The molecule has 164 valence electrons. The predicted octanol–water partition coefficient (Wildman–Crippen LogP) is 2.42. The van der Waals surface area contributed by atoms with E-state index in [-0.39, 0.29) is 48.9 Å². The smallest absolute Gasteiger partial charge is 0.244 e. The summed E-state index contributed by atoms with van der Waals surface area (Å²) in [6, 6.07) is 9.92. The van der Waals surface area contributed by atoms with Crippen molar-refractivity contribution in [2.75, 3.05) is 46.3 Å². The van der Waals surface area contributed by atoms with E-state index in [0.29, 0.717) is 38.7 Å². The molecule has 0 heterocycles. The monoisotopic (exact) mass is 517 g/mol. The van der Waals surface area contributed by atoms with Crippen LogP contribution >= 0.6 is 24.0 Å². The second-order valence-corrected chi connectivity index (χ2v) is 6.49. The molecule has 0 unspecified atom stereocenters. The SMILES string of the molecule is CCNC(=NCC(=O)N(CC)Cc1ccccc1)N(C)CC(=O)N(CC)CC.I. The quantitative estimate of drug-likeness (QED) is 0.294. The van der Waals surface area contributed by atoms with Gasteiger partial charge in [-0.05, 0) is 33.3 Å². The summed E-state index contributed by atoms with van der Waals surface area (Å²) in [5.74, 6) is 0.570. The highest BCUT2D eigenvalue weighted by Crippen LogP contribution is 2.05. The minimum Gasteiger partial charge on any atom is -0.356 e. The highest BCUT2D eigenvalue weighted by atomic mass is 127. The molecule has 7 nitrogen and oxygen atoms in total. The van der Waals surface area contributed by atoms with Crippen LogP contribution < -0.4 is 5.32 Å². The van der Waals surface area contributed by atoms with Crippen LogP contribution in [0, 0.1) is 0 Å². The maximum absolute atomic E-state index is 12.6. The van der Waals surface area contributed by atoms with Crippen molar-refractivity contribution in [1.82, 2.24) is 20.0 Å². The van der Waals surface area contributed by atoms with Crippen LogP contribution in [0.25, 0.3) is 0 Å². The normalized spacial score (nSPS) is 10.7. The van der Waals surface area contributed by atoms with Gasteiger partial charge in [0.15, 0.2) is 5.96 Å². The summed E-state index contributed by atoms with van der Waals surface area (Å²) < 4.78 is 0. The van der Waals surface area contributed by atoms with Crippen molar-refractivity contribution >= 4 is 41.8 Å². The van der Waals surface area contributed by atoms with E-state index in [2.05, 4.69) is 10.3 Å². The van der Waals surface area contributed by atoms with Crippen molar-refractivity contribution in [1.29, 1.82) is 0 Å². The molecule has 29 heavy (non-hydrogen) atoms. The van der Waals surface area contributed by atoms with Crippen LogP contribution in [0.15, 0.2) is 35.3 Å². The number of amides is 2. The first-order chi connectivity index (χ1) is 13.5. The Hall–Kier alpha value is -1.84. The molecule has 0 aliphatic carbocycles. The number of likely N-dealkylation sites (N-methyl/N-ethyl adjacent to an activating group) is 3. The van der Waals surface area contributed by atoms with Crippen LogP contribution in [0.5, 0.6) is 0 Å². The Labute approximate surface area is 192 Å². The molecular formula is C21H36IN5O2. The fourth-order valence-electron chi connectivity index (χ4n) is 2.85. The molecule has 2 amide bonds. The first-order valence-corrected chi connectivity index (χ1v) is 10.1. The molecule has 0 bridgehead atoms. The van der Waals surface area contributed by atoms with Gasteiger partial charge in [0, 0.05) is 39.8 Å². The van der Waals surface area contributed by atoms with Gasteiger partial charge >= 0.3 is 0 Å². The summed E-state index contributed by atoms with van der Waals surface area (Å²) in [7, 11) is 1.81. The van der Waals surface area contributed by atoms with Crippen molar-refractivity contribution in [3.63, 3.8) is 0 Å². The number of benzene rings is 1. The van der Waals surface area contributed by atoms with Crippen LogP contribution in [-0.4, -0.2) is 78.8 Å². The fourth-order valence-corrected chi connectivity index (χ4v) is 2.85. The maximum atomic E-state index is 12.6. The largest absolute Gasteiger partial charge is 0.356 e. The number of rotatable bonds is 10. The number of halogens is 1.